The standard InChI is InChI=1S/C15H13N5/c1-20(18-10-12-5-4-8-16-9-12)15-11-17-13-6-2-3-7-14(13)19-15/h2-11H,1H3. The maximum atomic E-state index is 4.52. The Morgan fingerprint density at radius 2 is 1.90 bits per heavy atom. The summed E-state index contributed by atoms with van der Waals surface area (Å²) in [5, 5.41) is 6.02. The molecule has 2 heterocycles. The van der Waals surface area contributed by atoms with Crippen LogP contribution in [0.3, 0.4) is 0 Å². The van der Waals surface area contributed by atoms with E-state index in [-0.39, 0.29) is 0 Å². The molecule has 98 valence electrons. The summed E-state index contributed by atoms with van der Waals surface area (Å²) < 4.78 is 0. The molecule has 3 rings (SSSR count). The van der Waals surface area contributed by atoms with E-state index in [0.717, 1.165) is 16.6 Å². The highest BCUT2D eigenvalue weighted by molar-refractivity contribution is 5.80. The molecule has 0 atom stereocenters. The summed E-state index contributed by atoms with van der Waals surface area (Å²) >= 11 is 0. The minimum absolute atomic E-state index is 0.698. The van der Waals surface area contributed by atoms with Crippen molar-refractivity contribution in [2.24, 2.45) is 5.10 Å². The van der Waals surface area contributed by atoms with Gasteiger partial charge in [0, 0.05) is 25.0 Å². The third-order valence-electron chi connectivity index (χ3n) is 2.83. The molecule has 0 radical (unpaired) electrons. The number of benzene rings is 1. The Morgan fingerprint density at radius 1 is 1.05 bits per heavy atom. The number of hydrogen-bond acceptors (Lipinski definition) is 5. The topological polar surface area (TPSA) is 54.3 Å². The first-order valence-corrected chi connectivity index (χ1v) is 6.22. The van der Waals surface area contributed by atoms with Crippen LogP contribution in [0.2, 0.25) is 0 Å². The second kappa shape index (κ2) is 5.44. The van der Waals surface area contributed by atoms with E-state index in [4.69, 9.17) is 0 Å². The van der Waals surface area contributed by atoms with E-state index >= 15 is 0 Å². The van der Waals surface area contributed by atoms with Gasteiger partial charge < -0.3 is 0 Å². The predicted octanol–water partition coefficient (Wildman–Crippen LogP) is 2.50. The number of hydrogen-bond donors (Lipinski definition) is 0. The smallest absolute Gasteiger partial charge is 0.167 e. The normalized spacial score (nSPS) is 11.1. The van der Waals surface area contributed by atoms with Gasteiger partial charge in [0.25, 0.3) is 0 Å². The second-order valence-corrected chi connectivity index (χ2v) is 4.27. The molecule has 2 aromatic heterocycles. The Morgan fingerprint density at radius 3 is 2.70 bits per heavy atom. The highest BCUT2D eigenvalue weighted by Crippen LogP contribution is 2.14. The van der Waals surface area contributed by atoms with Gasteiger partial charge in [0.15, 0.2) is 5.82 Å². The van der Waals surface area contributed by atoms with Crippen LogP contribution in [0.25, 0.3) is 11.0 Å². The van der Waals surface area contributed by atoms with Crippen molar-refractivity contribution in [3.63, 3.8) is 0 Å². The van der Waals surface area contributed by atoms with E-state index < -0.39 is 0 Å². The first-order valence-electron chi connectivity index (χ1n) is 6.22. The zero-order chi connectivity index (χ0) is 13.8. The molecule has 0 saturated heterocycles. The van der Waals surface area contributed by atoms with Crippen molar-refractivity contribution in [3.8, 4) is 0 Å². The molecule has 0 amide bonds. The third kappa shape index (κ3) is 2.61. The summed E-state index contributed by atoms with van der Waals surface area (Å²) in [7, 11) is 1.84. The Balaban J connectivity index is 1.85. The first kappa shape index (κ1) is 12.2. The third-order valence-corrected chi connectivity index (χ3v) is 2.83. The monoisotopic (exact) mass is 263 g/mol. The maximum Gasteiger partial charge on any atom is 0.167 e. The van der Waals surface area contributed by atoms with E-state index in [2.05, 4.69) is 20.1 Å². The Hall–Kier alpha value is -2.82. The molecule has 0 unspecified atom stereocenters. The number of rotatable bonds is 3. The molecule has 20 heavy (non-hydrogen) atoms. The molecule has 3 aromatic rings. The number of para-hydroxylation sites is 2. The van der Waals surface area contributed by atoms with E-state index in [1.165, 1.54) is 0 Å². The molecule has 0 aliphatic heterocycles. The number of nitrogens with zero attached hydrogens (tertiary/aromatic N) is 5. The van der Waals surface area contributed by atoms with Gasteiger partial charge in [0.05, 0.1) is 23.4 Å². The van der Waals surface area contributed by atoms with E-state index in [9.17, 15) is 0 Å². The number of aromatic nitrogens is 3. The molecular weight excluding hydrogens is 250 g/mol. The largest absolute Gasteiger partial charge is 0.264 e. The summed E-state index contributed by atoms with van der Waals surface area (Å²) in [5.74, 6) is 0.698. The Bertz CT molecular complexity index is 739. The predicted molar refractivity (Wildman–Crippen MR) is 79.8 cm³/mol. The lowest BCUT2D eigenvalue weighted by atomic mass is 10.3. The highest BCUT2D eigenvalue weighted by atomic mass is 15.5. The average molecular weight is 263 g/mol. The van der Waals surface area contributed by atoms with E-state index in [1.807, 2.05) is 43.4 Å². The molecule has 0 aliphatic carbocycles. The quantitative estimate of drug-likeness (QED) is 0.538. The zero-order valence-electron chi connectivity index (χ0n) is 11.0. The summed E-state index contributed by atoms with van der Waals surface area (Å²) in [5.41, 5.74) is 2.67. The van der Waals surface area contributed by atoms with Crippen LogP contribution >= 0.6 is 0 Å². The molecule has 0 spiro atoms. The number of fused-ring (bicyclic) bond motifs is 1. The van der Waals surface area contributed by atoms with Gasteiger partial charge in [-0.05, 0) is 18.2 Å². The number of anilines is 1. The molecule has 0 aliphatic rings. The van der Waals surface area contributed by atoms with Crippen molar-refractivity contribution >= 4 is 23.1 Å². The molecule has 0 bridgehead atoms. The lowest BCUT2D eigenvalue weighted by molar-refractivity contribution is 0.981. The van der Waals surface area contributed by atoms with Crippen molar-refractivity contribution in [2.75, 3.05) is 12.1 Å². The minimum atomic E-state index is 0.698. The van der Waals surface area contributed by atoms with Crippen molar-refractivity contribution in [1.82, 2.24) is 15.0 Å². The second-order valence-electron chi connectivity index (χ2n) is 4.27. The van der Waals surface area contributed by atoms with Crippen LogP contribution in [0.5, 0.6) is 0 Å². The average Bonchev–Trinajstić information content (AvgIpc) is 2.53. The number of hydrazone groups is 1. The van der Waals surface area contributed by atoms with Gasteiger partial charge in [-0.15, -0.1) is 0 Å². The van der Waals surface area contributed by atoms with Gasteiger partial charge in [-0.2, -0.15) is 5.10 Å². The van der Waals surface area contributed by atoms with Gasteiger partial charge in [-0.3, -0.25) is 9.97 Å². The summed E-state index contributed by atoms with van der Waals surface area (Å²) in [6.45, 7) is 0. The SMILES string of the molecule is CN(N=Cc1cccnc1)c1cnc2ccccc2n1. The highest BCUT2D eigenvalue weighted by Gasteiger charge is 2.02. The lowest BCUT2D eigenvalue weighted by Crippen LogP contribution is -2.11. The van der Waals surface area contributed by atoms with Crippen LogP contribution in [-0.4, -0.2) is 28.2 Å². The van der Waals surface area contributed by atoms with Crippen LogP contribution in [0.1, 0.15) is 5.56 Å². The number of pyridine rings is 1. The van der Waals surface area contributed by atoms with Crippen molar-refractivity contribution in [2.45, 2.75) is 0 Å². The summed E-state index contributed by atoms with van der Waals surface area (Å²) in [6.07, 6.45) is 6.94. The first-order chi connectivity index (χ1) is 9.83. The van der Waals surface area contributed by atoms with Gasteiger partial charge in [0.1, 0.15) is 0 Å². The fourth-order valence-electron chi connectivity index (χ4n) is 1.77. The van der Waals surface area contributed by atoms with Crippen molar-refractivity contribution in [3.05, 3.63) is 60.6 Å². The van der Waals surface area contributed by atoms with E-state index in [1.54, 1.807) is 29.8 Å². The Labute approximate surface area is 116 Å². The summed E-state index contributed by atoms with van der Waals surface area (Å²) in [6, 6.07) is 11.6. The van der Waals surface area contributed by atoms with Crippen LogP contribution in [0.15, 0.2) is 60.1 Å². The zero-order valence-corrected chi connectivity index (χ0v) is 11.0. The molecule has 1 aromatic carbocycles. The van der Waals surface area contributed by atoms with Crippen LogP contribution in [0.4, 0.5) is 5.82 Å². The fourth-order valence-corrected chi connectivity index (χ4v) is 1.77. The van der Waals surface area contributed by atoms with Gasteiger partial charge in [0.2, 0.25) is 0 Å². The lowest BCUT2D eigenvalue weighted by Gasteiger charge is -2.11. The van der Waals surface area contributed by atoms with Gasteiger partial charge >= 0.3 is 0 Å². The van der Waals surface area contributed by atoms with Gasteiger partial charge in [-0.25, -0.2) is 9.99 Å². The van der Waals surface area contributed by atoms with Crippen molar-refractivity contribution in [1.29, 1.82) is 0 Å². The van der Waals surface area contributed by atoms with Crippen LogP contribution in [-0.2, 0) is 0 Å². The molecule has 5 nitrogen and oxygen atoms in total. The van der Waals surface area contributed by atoms with Crippen molar-refractivity contribution < 1.29 is 0 Å². The van der Waals surface area contributed by atoms with Crippen LogP contribution in [0, 0.1) is 0 Å². The fraction of sp³-hybridized carbons (Fsp3) is 0.0667. The minimum Gasteiger partial charge on any atom is -0.264 e. The van der Waals surface area contributed by atoms with Crippen LogP contribution < -0.4 is 5.01 Å². The molecule has 0 fully saturated rings. The van der Waals surface area contributed by atoms with Gasteiger partial charge in [-0.1, -0.05) is 18.2 Å². The molecule has 5 heteroatoms. The molecule has 0 N–H and O–H groups in total. The van der Waals surface area contributed by atoms with E-state index in [0.29, 0.717) is 5.82 Å². The Kier molecular flexibility index (Phi) is 3.33. The molecular formula is C15H13N5. The molecule has 0 saturated carbocycles. The maximum absolute atomic E-state index is 4.52. The summed E-state index contributed by atoms with van der Waals surface area (Å²) in [4.78, 5) is 12.9.